The number of nitrogens with one attached hydrogen (secondary N) is 1. The fraction of sp³-hybridized carbons (Fsp3) is 0. The second kappa shape index (κ2) is 4.32. The number of hydrogen-bond acceptors (Lipinski definition) is 1. The Bertz CT molecular complexity index is 453. The van der Waals surface area contributed by atoms with Crippen LogP contribution in [0.3, 0.4) is 0 Å². The van der Waals surface area contributed by atoms with E-state index in [9.17, 15) is 4.39 Å². The molecular weight excluding hydrogens is 213 g/mol. The van der Waals surface area contributed by atoms with Gasteiger partial charge in [-0.05, 0) is 36.4 Å². The smallest absolute Gasteiger partial charge is 0.146 e. The number of rotatable bonds is 2. The molecular formula is C12H9ClFN. The fourth-order valence-corrected chi connectivity index (χ4v) is 1.38. The second-order valence-corrected chi connectivity index (χ2v) is 3.55. The molecule has 0 radical (unpaired) electrons. The van der Waals surface area contributed by atoms with Crippen molar-refractivity contribution in [3.8, 4) is 0 Å². The quantitative estimate of drug-likeness (QED) is 0.801. The Morgan fingerprint density at radius 1 is 0.933 bits per heavy atom. The van der Waals surface area contributed by atoms with Gasteiger partial charge in [0.15, 0.2) is 0 Å². The van der Waals surface area contributed by atoms with Gasteiger partial charge < -0.3 is 5.32 Å². The zero-order valence-corrected chi connectivity index (χ0v) is 8.63. The van der Waals surface area contributed by atoms with E-state index in [-0.39, 0.29) is 5.82 Å². The molecule has 2 aromatic rings. The zero-order chi connectivity index (χ0) is 10.7. The predicted octanol–water partition coefficient (Wildman–Crippen LogP) is 4.22. The Morgan fingerprint density at radius 2 is 1.60 bits per heavy atom. The van der Waals surface area contributed by atoms with Crippen LogP contribution >= 0.6 is 11.6 Å². The van der Waals surface area contributed by atoms with E-state index in [1.165, 1.54) is 6.07 Å². The molecule has 0 aliphatic rings. The number of para-hydroxylation sites is 1. The van der Waals surface area contributed by atoms with Crippen molar-refractivity contribution in [3.05, 3.63) is 59.4 Å². The first-order chi connectivity index (χ1) is 7.25. The van der Waals surface area contributed by atoms with Crippen molar-refractivity contribution < 1.29 is 4.39 Å². The molecule has 0 saturated carbocycles. The highest BCUT2D eigenvalue weighted by atomic mass is 35.5. The highest BCUT2D eigenvalue weighted by molar-refractivity contribution is 6.30. The number of hydrogen-bond donors (Lipinski definition) is 1. The molecule has 2 rings (SSSR count). The van der Waals surface area contributed by atoms with Crippen molar-refractivity contribution >= 4 is 23.0 Å². The van der Waals surface area contributed by atoms with Crippen LogP contribution in [0.4, 0.5) is 15.8 Å². The number of benzene rings is 2. The molecule has 1 N–H and O–H groups in total. The van der Waals surface area contributed by atoms with E-state index in [1.807, 2.05) is 0 Å². The third-order valence-electron chi connectivity index (χ3n) is 2.00. The van der Waals surface area contributed by atoms with Crippen molar-refractivity contribution in [3.63, 3.8) is 0 Å². The molecule has 0 spiro atoms. The fourth-order valence-electron chi connectivity index (χ4n) is 1.25. The molecule has 0 aliphatic carbocycles. The maximum Gasteiger partial charge on any atom is 0.146 e. The molecule has 3 heteroatoms. The summed E-state index contributed by atoms with van der Waals surface area (Å²) in [5.74, 6) is -0.271. The second-order valence-electron chi connectivity index (χ2n) is 3.11. The average Bonchev–Trinajstić information content (AvgIpc) is 2.25. The lowest BCUT2D eigenvalue weighted by Crippen LogP contribution is -1.92. The summed E-state index contributed by atoms with van der Waals surface area (Å²) in [6.07, 6.45) is 0. The first-order valence-corrected chi connectivity index (χ1v) is 4.90. The lowest BCUT2D eigenvalue weighted by molar-refractivity contribution is 0.632. The highest BCUT2D eigenvalue weighted by Gasteiger charge is 1.99. The van der Waals surface area contributed by atoms with Gasteiger partial charge in [0.05, 0.1) is 5.69 Å². The van der Waals surface area contributed by atoms with Crippen molar-refractivity contribution in [1.29, 1.82) is 0 Å². The molecule has 0 saturated heterocycles. The van der Waals surface area contributed by atoms with E-state index >= 15 is 0 Å². The molecule has 0 aliphatic heterocycles. The van der Waals surface area contributed by atoms with Gasteiger partial charge in [-0.3, -0.25) is 0 Å². The topological polar surface area (TPSA) is 12.0 Å². The first-order valence-electron chi connectivity index (χ1n) is 4.53. The lowest BCUT2D eigenvalue weighted by Gasteiger charge is -2.06. The van der Waals surface area contributed by atoms with Crippen LogP contribution in [0.25, 0.3) is 0 Å². The van der Waals surface area contributed by atoms with Crippen LogP contribution in [0.5, 0.6) is 0 Å². The Hall–Kier alpha value is -1.54. The molecule has 0 fully saturated rings. The highest BCUT2D eigenvalue weighted by Crippen LogP contribution is 2.20. The lowest BCUT2D eigenvalue weighted by atomic mass is 10.2. The van der Waals surface area contributed by atoms with Gasteiger partial charge in [-0.15, -0.1) is 0 Å². The van der Waals surface area contributed by atoms with E-state index in [4.69, 9.17) is 11.6 Å². The summed E-state index contributed by atoms with van der Waals surface area (Å²) in [6.45, 7) is 0. The summed E-state index contributed by atoms with van der Waals surface area (Å²) in [5.41, 5.74) is 1.27. The Labute approximate surface area is 92.5 Å². The Balaban J connectivity index is 2.22. The number of halogens is 2. The van der Waals surface area contributed by atoms with Crippen molar-refractivity contribution in [2.24, 2.45) is 0 Å². The van der Waals surface area contributed by atoms with Crippen molar-refractivity contribution in [2.45, 2.75) is 0 Å². The molecule has 76 valence electrons. The van der Waals surface area contributed by atoms with Gasteiger partial charge in [0.1, 0.15) is 5.82 Å². The standard InChI is InChI=1S/C12H9ClFN/c13-9-5-7-10(8-6-9)15-12-4-2-1-3-11(12)14/h1-8,15H. The molecule has 0 bridgehead atoms. The molecule has 1 nitrogen and oxygen atoms in total. The first kappa shape index (κ1) is 9.99. The molecule has 0 atom stereocenters. The third kappa shape index (κ3) is 2.48. The monoisotopic (exact) mass is 221 g/mol. The zero-order valence-electron chi connectivity index (χ0n) is 7.87. The van der Waals surface area contributed by atoms with E-state index < -0.39 is 0 Å². The summed E-state index contributed by atoms with van der Waals surface area (Å²) in [4.78, 5) is 0. The molecule has 2 aromatic carbocycles. The maximum absolute atomic E-state index is 13.3. The van der Waals surface area contributed by atoms with Gasteiger partial charge in [0.25, 0.3) is 0 Å². The number of anilines is 2. The molecule has 15 heavy (non-hydrogen) atoms. The summed E-state index contributed by atoms with van der Waals surface area (Å²) in [7, 11) is 0. The van der Waals surface area contributed by atoms with Crippen LogP contribution in [-0.4, -0.2) is 0 Å². The van der Waals surface area contributed by atoms with E-state index in [0.717, 1.165) is 5.69 Å². The molecule has 0 unspecified atom stereocenters. The van der Waals surface area contributed by atoms with Gasteiger partial charge in [-0.1, -0.05) is 23.7 Å². The van der Waals surface area contributed by atoms with Gasteiger partial charge in [0.2, 0.25) is 0 Å². The molecule has 0 heterocycles. The van der Waals surface area contributed by atoms with E-state index in [2.05, 4.69) is 5.32 Å². The summed E-state index contributed by atoms with van der Waals surface area (Å²) in [6, 6.07) is 13.6. The minimum atomic E-state index is -0.271. The van der Waals surface area contributed by atoms with Crippen LogP contribution in [0.2, 0.25) is 5.02 Å². The van der Waals surface area contributed by atoms with Gasteiger partial charge in [-0.2, -0.15) is 0 Å². The summed E-state index contributed by atoms with van der Waals surface area (Å²) < 4.78 is 13.3. The van der Waals surface area contributed by atoms with Gasteiger partial charge >= 0.3 is 0 Å². The van der Waals surface area contributed by atoms with Crippen LogP contribution < -0.4 is 5.32 Å². The Kier molecular flexibility index (Phi) is 2.88. The Morgan fingerprint density at radius 3 is 2.27 bits per heavy atom. The van der Waals surface area contributed by atoms with Crippen LogP contribution in [0, 0.1) is 5.82 Å². The van der Waals surface area contributed by atoms with Crippen LogP contribution in [-0.2, 0) is 0 Å². The normalized spacial score (nSPS) is 10.0. The largest absolute Gasteiger partial charge is 0.353 e. The van der Waals surface area contributed by atoms with Crippen molar-refractivity contribution in [2.75, 3.05) is 5.32 Å². The predicted molar refractivity (Wildman–Crippen MR) is 61.1 cm³/mol. The molecule has 0 aromatic heterocycles. The minimum Gasteiger partial charge on any atom is -0.353 e. The van der Waals surface area contributed by atoms with Gasteiger partial charge in [-0.25, -0.2) is 4.39 Å². The van der Waals surface area contributed by atoms with E-state index in [0.29, 0.717) is 10.7 Å². The van der Waals surface area contributed by atoms with Crippen molar-refractivity contribution in [1.82, 2.24) is 0 Å². The molecule has 0 amide bonds. The maximum atomic E-state index is 13.3. The summed E-state index contributed by atoms with van der Waals surface area (Å²) >= 11 is 5.74. The average molecular weight is 222 g/mol. The van der Waals surface area contributed by atoms with Gasteiger partial charge in [0, 0.05) is 10.7 Å². The van der Waals surface area contributed by atoms with Crippen LogP contribution in [0.15, 0.2) is 48.5 Å². The van der Waals surface area contributed by atoms with E-state index in [1.54, 1.807) is 42.5 Å². The third-order valence-corrected chi connectivity index (χ3v) is 2.25. The minimum absolute atomic E-state index is 0.271. The SMILES string of the molecule is Fc1ccccc1Nc1ccc(Cl)cc1. The van der Waals surface area contributed by atoms with Crippen LogP contribution in [0.1, 0.15) is 0 Å². The summed E-state index contributed by atoms with van der Waals surface area (Å²) in [5, 5.41) is 3.63.